The maximum Gasteiger partial charge on any atom is 0.337 e. The molecule has 0 fully saturated rings. The SMILES string of the molecule is CCC(C)OC(=O)C1=C(C)NC2=C(C(=O)CC(c3ccccc3)C2)C1c1ccccc1Br. The summed E-state index contributed by atoms with van der Waals surface area (Å²) in [6.45, 7) is 5.77. The van der Waals surface area contributed by atoms with E-state index in [-0.39, 0.29) is 23.8 Å². The van der Waals surface area contributed by atoms with Crippen molar-refractivity contribution in [3.05, 3.63) is 92.7 Å². The zero-order valence-corrected chi connectivity index (χ0v) is 20.2. The van der Waals surface area contributed by atoms with Gasteiger partial charge in [-0.25, -0.2) is 4.79 Å². The van der Waals surface area contributed by atoms with Crippen LogP contribution in [0.4, 0.5) is 0 Å². The van der Waals surface area contributed by atoms with Gasteiger partial charge in [0.25, 0.3) is 0 Å². The summed E-state index contributed by atoms with van der Waals surface area (Å²) < 4.78 is 6.59. The number of ketones is 1. The minimum Gasteiger partial charge on any atom is -0.459 e. The molecule has 1 heterocycles. The predicted molar refractivity (Wildman–Crippen MR) is 129 cm³/mol. The number of esters is 1. The van der Waals surface area contributed by atoms with Crippen LogP contribution in [-0.2, 0) is 14.3 Å². The number of hydrogen-bond acceptors (Lipinski definition) is 4. The zero-order chi connectivity index (χ0) is 22.8. The van der Waals surface area contributed by atoms with E-state index in [0.29, 0.717) is 17.6 Å². The first-order valence-electron chi connectivity index (χ1n) is 11.1. The van der Waals surface area contributed by atoms with Gasteiger partial charge in [-0.3, -0.25) is 4.79 Å². The fraction of sp³-hybridized carbons (Fsp3) is 0.333. The second-order valence-electron chi connectivity index (χ2n) is 8.57. The number of ether oxygens (including phenoxy) is 1. The average Bonchev–Trinajstić information content (AvgIpc) is 2.78. The largest absolute Gasteiger partial charge is 0.459 e. The van der Waals surface area contributed by atoms with Crippen molar-refractivity contribution in [1.82, 2.24) is 5.32 Å². The van der Waals surface area contributed by atoms with E-state index in [2.05, 4.69) is 33.4 Å². The van der Waals surface area contributed by atoms with E-state index in [1.165, 1.54) is 0 Å². The van der Waals surface area contributed by atoms with Gasteiger partial charge in [0.15, 0.2) is 5.78 Å². The summed E-state index contributed by atoms with van der Waals surface area (Å²) in [6, 6.07) is 18.0. The van der Waals surface area contributed by atoms with Crippen LogP contribution in [0.1, 0.15) is 63.0 Å². The van der Waals surface area contributed by atoms with Crippen LogP contribution in [0.3, 0.4) is 0 Å². The molecule has 1 aliphatic heterocycles. The molecule has 0 bridgehead atoms. The van der Waals surface area contributed by atoms with Crippen molar-refractivity contribution in [2.24, 2.45) is 0 Å². The number of carbonyl (C=O) groups is 2. The van der Waals surface area contributed by atoms with Gasteiger partial charge >= 0.3 is 5.97 Å². The van der Waals surface area contributed by atoms with Gasteiger partial charge in [0.05, 0.1) is 11.7 Å². The van der Waals surface area contributed by atoms with Gasteiger partial charge in [-0.05, 0) is 49.8 Å². The van der Waals surface area contributed by atoms with Crippen molar-refractivity contribution < 1.29 is 14.3 Å². The van der Waals surface area contributed by atoms with Gasteiger partial charge in [-0.15, -0.1) is 0 Å². The standard InChI is InChI=1S/C27H28BrNO3/c1-4-16(2)32-27(31)24-17(3)29-22-14-19(18-10-6-5-7-11-18)15-23(30)26(22)25(24)20-12-8-9-13-21(20)28/h5-13,16,19,25,29H,4,14-15H2,1-3H3. The molecular weight excluding hydrogens is 466 g/mol. The molecule has 4 nitrogen and oxygen atoms in total. The van der Waals surface area contributed by atoms with Crippen LogP contribution in [0, 0.1) is 0 Å². The Bertz CT molecular complexity index is 1100. The molecule has 3 atom stereocenters. The maximum absolute atomic E-state index is 13.6. The molecule has 0 amide bonds. The summed E-state index contributed by atoms with van der Waals surface area (Å²) in [6.07, 6.45) is 1.70. The first-order chi connectivity index (χ1) is 15.4. The first-order valence-corrected chi connectivity index (χ1v) is 11.9. The number of carbonyl (C=O) groups excluding carboxylic acids is 2. The highest BCUT2D eigenvalue weighted by molar-refractivity contribution is 9.10. The van der Waals surface area contributed by atoms with Crippen molar-refractivity contribution in [3.63, 3.8) is 0 Å². The lowest BCUT2D eigenvalue weighted by Gasteiger charge is -2.37. The Hall–Kier alpha value is -2.66. The molecule has 2 aromatic carbocycles. The van der Waals surface area contributed by atoms with E-state index < -0.39 is 5.92 Å². The molecule has 1 N–H and O–H groups in total. The predicted octanol–water partition coefficient (Wildman–Crippen LogP) is 6.15. The van der Waals surface area contributed by atoms with Gasteiger partial charge in [0, 0.05) is 33.8 Å². The summed E-state index contributed by atoms with van der Waals surface area (Å²) >= 11 is 3.65. The lowest BCUT2D eigenvalue weighted by Crippen LogP contribution is -2.36. The summed E-state index contributed by atoms with van der Waals surface area (Å²) in [4.78, 5) is 26.8. The fourth-order valence-electron chi connectivity index (χ4n) is 4.62. The van der Waals surface area contributed by atoms with Gasteiger partial charge in [0.1, 0.15) is 0 Å². The quantitative estimate of drug-likeness (QED) is 0.507. The highest BCUT2D eigenvalue weighted by atomic mass is 79.9. The van der Waals surface area contributed by atoms with Crippen molar-refractivity contribution in [2.75, 3.05) is 0 Å². The van der Waals surface area contributed by atoms with Crippen LogP contribution in [0.2, 0.25) is 0 Å². The number of dihydropyridines is 1. The number of hydrogen-bond donors (Lipinski definition) is 1. The molecular formula is C27H28BrNO3. The Morgan fingerprint density at radius 2 is 1.81 bits per heavy atom. The van der Waals surface area contributed by atoms with Gasteiger partial charge in [0.2, 0.25) is 0 Å². The van der Waals surface area contributed by atoms with Crippen molar-refractivity contribution >= 4 is 27.7 Å². The minimum atomic E-state index is -0.456. The van der Waals surface area contributed by atoms with Crippen molar-refractivity contribution in [1.29, 1.82) is 0 Å². The number of allylic oxidation sites excluding steroid dienone is 3. The average molecular weight is 494 g/mol. The van der Waals surface area contributed by atoms with Gasteiger partial charge < -0.3 is 10.1 Å². The number of rotatable bonds is 5. The number of halogens is 1. The minimum absolute atomic E-state index is 0.0784. The Morgan fingerprint density at radius 1 is 1.12 bits per heavy atom. The molecule has 3 unspecified atom stereocenters. The van der Waals surface area contributed by atoms with Gasteiger partial charge in [-0.2, -0.15) is 0 Å². The lowest BCUT2D eigenvalue weighted by atomic mass is 9.72. The maximum atomic E-state index is 13.6. The first kappa shape index (κ1) is 22.5. The number of nitrogens with one attached hydrogen (secondary N) is 1. The third-order valence-corrected chi connectivity index (χ3v) is 7.14. The van der Waals surface area contributed by atoms with Crippen LogP contribution >= 0.6 is 15.9 Å². The zero-order valence-electron chi connectivity index (χ0n) is 18.7. The van der Waals surface area contributed by atoms with Crippen LogP contribution in [-0.4, -0.2) is 17.9 Å². The van der Waals surface area contributed by atoms with E-state index in [0.717, 1.165) is 39.8 Å². The molecule has 4 rings (SSSR count). The molecule has 32 heavy (non-hydrogen) atoms. The van der Waals surface area contributed by atoms with E-state index in [1.54, 1.807) is 0 Å². The second kappa shape index (κ2) is 9.45. The molecule has 0 aromatic heterocycles. The molecule has 166 valence electrons. The lowest BCUT2D eigenvalue weighted by molar-refractivity contribution is -0.144. The summed E-state index contributed by atoms with van der Waals surface area (Å²) in [5.41, 5.74) is 4.93. The fourth-order valence-corrected chi connectivity index (χ4v) is 5.13. The van der Waals surface area contributed by atoms with Crippen LogP contribution in [0.25, 0.3) is 0 Å². The third-order valence-electron chi connectivity index (χ3n) is 6.42. The van der Waals surface area contributed by atoms with Crippen molar-refractivity contribution in [3.8, 4) is 0 Å². The summed E-state index contributed by atoms with van der Waals surface area (Å²) in [7, 11) is 0. The molecule has 0 saturated heterocycles. The summed E-state index contributed by atoms with van der Waals surface area (Å²) in [5.74, 6) is -0.622. The summed E-state index contributed by atoms with van der Waals surface area (Å²) in [5, 5.41) is 3.41. The second-order valence-corrected chi connectivity index (χ2v) is 9.43. The van der Waals surface area contributed by atoms with Crippen LogP contribution in [0.5, 0.6) is 0 Å². The van der Waals surface area contributed by atoms with E-state index in [9.17, 15) is 9.59 Å². The van der Waals surface area contributed by atoms with Crippen LogP contribution in [0.15, 0.2) is 81.6 Å². The molecule has 1 aliphatic carbocycles. The molecule has 5 heteroatoms. The highest BCUT2D eigenvalue weighted by Gasteiger charge is 2.42. The monoisotopic (exact) mass is 493 g/mol. The van der Waals surface area contributed by atoms with Crippen molar-refractivity contribution in [2.45, 2.75) is 58.0 Å². The topological polar surface area (TPSA) is 55.4 Å². The Balaban J connectivity index is 1.80. The molecule has 2 aliphatic rings. The third kappa shape index (κ3) is 4.31. The highest BCUT2D eigenvalue weighted by Crippen LogP contribution is 2.47. The molecule has 0 radical (unpaired) electrons. The Labute approximate surface area is 197 Å². The smallest absolute Gasteiger partial charge is 0.337 e. The molecule has 0 saturated carbocycles. The van der Waals surface area contributed by atoms with Gasteiger partial charge in [-0.1, -0.05) is 71.4 Å². The molecule has 0 spiro atoms. The number of Topliss-reactive ketones (excluding diaryl/α,β-unsaturated/α-hetero) is 1. The van der Waals surface area contributed by atoms with E-state index >= 15 is 0 Å². The van der Waals surface area contributed by atoms with E-state index in [1.807, 2.05) is 63.2 Å². The van der Waals surface area contributed by atoms with Crippen LogP contribution < -0.4 is 5.32 Å². The number of benzene rings is 2. The Kier molecular flexibility index (Phi) is 6.66. The van der Waals surface area contributed by atoms with E-state index in [4.69, 9.17) is 4.74 Å². The molecule has 2 aromatic rings. The Morgan fingerprint density at radius 3 is 2.50 bits per heavy atom. The normalized spacial score (nSPS) is 21.7.